The SMILES string of the molecule is O=C(N[C@H]1C[C@H]2CO[C@@H](CCO)CN2C1)c1ccc(-c2ccc(F)cc2)cc1. The van der Waals surface area contributed by atoms with Crippen LogP contribution in [0.4, 0.5) is 4.39 Å². The van der Waals surface area contributed by atoms with Gasteiger partial charge in [0.15, 0.2) is 0 Å². The van der Waals surface area contributed by atoms with E-state index in [-0.39, 0.29) is 30.5 Å². The van der Waals surface area contributed by atoms with E-state index in [4.69, 9.17) is 9.84 Å². The van der Waals surface area contributed by atoms with Crippen LogP contribution >= 0.6 is 0 Å². The van der Waals surface area contributed by atoms with Crippen LogP contribution in [-0.2, 0) is 4.74 Å². The molecule has 0 unspecified atom stereocenters. The van der Waals surface area contributed by atoms with E-state index in [0.717, 1.165) is 30.6 Å². The Morgan fingerprint density at radius 2 is 1.79 bits per heavy atom. The lowest BCUT2D eigenvalue weighted by Crippen LogP contribution is -2.46. The van der Waals surface area contributed by atoms with Gasteiger partial charge in [0.1, 0.15) is 5.82 Å². The highest BCUT2D eigenvalue weighted by Gasteiger charge is 2.37. The molecule has 2 heterocycles. The second-order valence-electron chi connectivity index (χ2n) is 7.57. The minimum absolute atomic E-state index is 0.0784. The first-order chi connectivity index (χ1) is 13.6. The smallest absolute Gasteiger partial charge is 0.251 e. The first-order valence-corrected chi connectivity index (χ1v) is 9.76. The lowest BCUT2D eigenvalue weighted by atomic mass is 10.0. The van der Waals surface area contributed by atoms with Gasteiger partial charge in [-0.15, -0.1) is 0 Å². The molecule has 2 N–H and O–H groups in total. The van der Waals surface area contributed by atoms with Crippen molar-refractivity contribution in [3.8, 4) is 11.1 Å². The Hall–Kier alpha value is -2.28. The van der Waals surface area contributed by atoms with Crippen LogP contribution in [0.25, 0.3) is 11.1 Å². The van der Waals surface area contributed by atoms with E-state index in [2.05, 4.69) is 10.2 Å². The average Bonchev–Trinajstić information content (AvgIpc) is 3.10. The lowest BCUT2D eigenvalue weighted by Gasteiger charge is -2.34. The second kappa shape index (κ2) is 8.39. The molecule has 2 aliphatic rings. The molecule has 1 amide bonds. The fourth-order valence-electron chi connectivity index (χ4n) is 4.09. The number of ether oxygens (including phenoxy) is 1. The predicted octanol–water partition coefficient (Wildman–Crippen LogP) is 2.45. The third-order valence-electron chi connectivity index (χ3n) is 5.60. The van der Waals surface area contributed by atoms with Crippen LogP contribution < -0.4 is 5.32 Å². The number of hydrogen-bond donors (Lipinski definition) is 2. The van der Waals surface area contributed by atoms with E-state index in [1.807, 2.05) is 12.1 Å². The zero-order valence-corrected chi connectivity index (χ0v) is 15.7. The molecular weight excluding hydrogens is 359 g/mol. The van der Waals surface area contributed by atoms with Gasteiger partial charge < -0.3 is 15.2 Å². The van der Waals surface area contributed by atoms with Gasteiger partial charge in [-0.2, -0.15) is 0 Å². The van der Waals surface area contributed by atoms with Gasteiger partial charge >= 0.3 is 0 Å². The molecule has 3 atom stereocenters. The average molecular weight is 384 g/mol. The topological polar surface area (TPSA) is 61.8 Å². The Balaban J connectivity index is 1.35. The zero-order valence-electron chi connectivity index (χ0n) is 15.7. The van der Waals surface area contributed by atoms with Crippen molar-refractivity contribution < 1.29 is 19.0 Å². The molecule has 2 aliphatic heterocycles. The van der Waals surface area contributed by atoms with Gasteiger partial charge in [0.05, 0.1) is 12.7 Å². The van der Waals surface area contributed by atoms with Crippen molar-refractivity contribution in [1.82, 2.24) is 10.2 Å². The number of carbonyl (C=O) groups excluding carboxylic acids is 1. The third kappa shape index (κ3) is 4.24. The number of carbonyl (C=O) groups is 1. The summed E-state index contributed by atoms with van der Waals surface area (Å²) in [6, 6.07) is 14.1. The van der Waals surface area contributed by atoms with Crippen LogP contribution in [0, 0.1) is 5.82 Å². The molecule has 6 heteroatoms. The molecule has 0 aliphatic carbocycles. The van der Waals surface area contributed by atoms with Gasteiger partial charge in [0, 0.05) is 37.3 Å². The molecular formula is C22H25FN2O3. The van der Waals surface area contributed by atoms with Crippen molar-refractivity contribution >= 4 is 5.91 Å². The number of aliphatic hydroxyl groups excluding tert-OH is 1. The van der Waals surface area contributed by atoms with Crippen LogP contribution in [0.15, 0.2) is 48.5 Å². The van der Waals surface area contributed by atoms with Crippen molar-refractivity contribution in [2.75, 3.05) is 26.3 Å². The first kappa shape index (κ1) is 19.1. The molecule has 0 spiro atoms. The van der Waals surface area contributed by atoms with E-state index in [1.54, 1.807) is 24.3 Å². The highest BCUT2D eigenvalue weighted by Crippen LogP contribution is 2.25. The maximum absolute atomic E-state index is 13.1. The van der Waals surface area contributed by atoms with Crippen molar-refractivity contribution in [3.63, 3.8) is 0 Å². The van der Waals surface area contributed by atoms with Gasteiger partial charge in [0.25, 0.3) is 5.91 Å². The molecule has 0 bridgehead atoms. The zero-order chi connectivity index (χ0) is 19.5. The maximum Gasteiger partial charge on any atom is 0.251 e. The molecule has 0 saturated carbocycles. The normalized spacial score (nSPS) is 24.7. The van der Waals surface area contributed by atoms with Crippen molar-refractivity contribution in [2.45, 2.75) is 31.0 Å². The van der Waals surface area contributed by atoms with Gasteiger partial charge in [-0.3, -0.25) is 9.69 Å². The van der Waals surface area contributed by atoms with Crippen LogP contribution in [0.3, 0.4) is 0 Å². The van der Waals surface area contributed by atoms with E-state index in [0.29, 0.717) is 24.6 Å². The Bertz CT molecular complexity index is 810. The number of fused-ring (bicyclic) bond motifs is 1. The maximum atomic E-state index is 13.1. The predicted molar refractivity (Wildman–Crippen MR) is 105 cm³/mol. The molecule has 2 aromatic carbocycles. The number of aliphatic hydroxyl groups is 1. The van der Waals surface area contributed by atoms with Crippen LogP contribution in [-0.4, -0.2) is 60.4 Å². The largest absolute Gasteiger partial charge is 0.396 e. The van der Waals surface area contributed by atoms with Crippen molar-refractivity contribution in [3.05, 3.63) is 59.9 Å². The number of rotatable bonds is 5. The van der Waals surface area contributed by atoms with Crippen molar-refractivity contribution in [2.24, 2.45) is 0 Å². The van der Waals surface area contributed by atoms with E-state index >= 15 is 0 Å². The first-order valence-electron chi connectivity index (χ1n) is 9.76. The fourth-order valence-corrected chi connectivity index (χ4v) is 4.09. The van der Waals surface area contributed by atoms with Gasteiger partial charge in [-0.25, -0.2) is 4.39 Å². The molecule has 2 aromatic rings. The summed E-state index contributed by atoms with van der Waals surface area (Å²) in [7, 11) is 0. The van der Waals surface area contributed by atoms with E-state index < -0.39 is 0 Å². The number of morpholine rings is 1. The lowest BCUT2D eigenvalue weighted by molar-refractivity contribution is -0.0566. The molecule has 28 heavy (non-hydrogen) atoms. The monoisotopic (exact) mass is 384 g/mol. The fraction of sp³-hybridized carbons (Fsp3) is 0.409. The Morgan fingerprint density at radius 3 is 2.46 bits per heavy atom. The summed E-state index contributed by atoms with van der Waals surface area (Å²) in [4.78, 5) is 15.0. The number of benzene rings is 2. The van der Waals surface area contributed by atoms with Gasteiger partial charge in [-0.05, 0) is 48.2 Å². The molecule has 4 rings (SSSR count). The highest BCUT2D eigenvalue weighted by atomic mass is 19.1. The molecule has 2 saturated heterocycles. The summed E-state index contributed by atoms with van der Waals surface area (Å²) < 4.78 is 18.9. The third-order valence-corrected chi connectivity index (χ3v) is 5.60. The van der Waals surface area contributed by atoms with Crippen LogP contribution in [0.5, 0.6) is 0 Å². The second-order valence-corrected chi connectivity index (χ2v) is 7.57. The summed E-state index contributed by atoms with van der Waals surface area (Å²) in [6.45, 7) is 2.42. The number of hydrogen-bond acceptors (Lipinski definition) is 4. The van der Waals surface area contributed by atoms with Gasteiger partial charge in [0.2, 0.25) is 0 Å². The number of nitrogens with zero attached hydrogens (tertiary/aromatic N) is 1. The summed E-state index contributed by atoms with van der Waals surface area (Å²) >= 11 is 0. The Morgan fingerprint density at radius 1 is 1.11 bits per heavy atom. The molecule has 5 nitrogen and oxygen atoms in total. The molecule has 0 radical (unpaired) electrons. The minimum Gasteiger partial charge on any atom is -0.396 e. The minimum atomic E-state index is -0.263. The van der Waals surface area contributed by atoms with Crippen LogP contribution in [0.1, 0.15) is 23.2 Å². The number of nitrogens with one attached hydrogen (secondary N) is 1. The van der Waals surface area contributed by atoms with Crippen molar-refractivity contribution in [1.29, 1.82) is 0 Å². The summed E-state index contributed by atoms with van der Waals surface area (Å²) in [5.74, 6) is -0.343. The van der Waals surface area contributed by atoms with E-state index in [1.165, 1.54) is 12.1 Å². The van der Waals surface area contributed by atoms with Gasteiger partial charge in [-0.1, -0.05) is 24.3 Å². The quantitative estimate of drug-likeness (QED) is 0.831. The summed E-state index contributed by atoms with van der Waals surface area (Å²) in [5, 5.41) is 12.2. The summed E-state index contributed by atoms with van der Waals surface area (Å²) in [5.41, 5.74) is 2.48. The highest BCUT2D eigenvalue weighted by molar-refractivity contribution is 5.94. The Kier molecular flexibility index (Phi) is 5.71. The molecule has 0 aromatic heterocycles. The summed E-state index contributed by atoms with van der Waals surface area (Å²) in [6.07, 6.45) is 1.61. The molecule has 148 valence electrons. The number of halogens is 1. The van der Waals surface area contributed by atoms with Crippen LogP contribution in [0.2, 0.25) is 0 Å². The number of amides is 1. The Labute approximate surface area is 164 Å². The molecule has 2 fully saturated rings. The van der Waals surface area contributed by atoms with E-state index in [9.17, 15) is 9.18 Å². The standard InChI is InChI=1S/C22H25FN2O3/c23-18-7-5-16(6-8-18)15-1-3-17(4-2-15)22(27)24-19-11-20-14-28-21(9-10-26)13-25(20)12-19/h1-8,19-21,26H,9-14H2,(H,24,27)/t19-,20-,21-/m0/s1.